The van der Waals surface area contributed by atoms with E-state index < -0.39 is 6.09 Å². The molecule has 0 spiro atoms. The van der Waals surface area contributed by atoms with E-state index in [1.54, 1.807) is 0 Å². The molecule has 2 amide bonds. The number of carbonyl (C=O) groups is 2. The predicted octanol–water partition coefficient (Wildman–Crippen LogP) is 2.25. The Hall–Kier alpha value is -2.24. The molecule has 1 N–H and O–H groups in total. The van der Waals surface area contributed by atoms with Crippen molar-refractivity contribution in [1.82, 2.24) is 10.2 Å². The Morgan fingerprint density at radius 1 is 1.33 bits per heavy atom. The number of ether oxygens (including phenoxy) is 1. The molecule has 0 radical (unpaired) electrons. The number of hydrogen-bond acceptors (Lipinski definition) is 4. The van der Waals surface area contributed by atoms with E-state index in [2.05, 4.69) is 27.1 Å². The molecule has 24 heavy (non-hydrogen) atoms. The summed E-state index contributed by atoms with van der Waals surface area (Å²) in [6.07, 6.45) is 2.71. The van der Waals surface area contributed by atoms with Crippen LogP contribution < -0.4 is 10.2 Å². The van der Waals surface area contributed by atoms with Gasteiger partial charge in [0.2, 0.25) is 5.91 Å². The van der Waals surface area contributed by atoms with Gasteiger partial charge in [-0.3, -0.25) is 4.79 Å². The lowest BCUT2D eigenvalue weighted by atomic mass is 10.0. The maximum atomic E-state index is 12.4. The normalized spacial score (nSPS) is 17.2. The monoisotopic (exact) mass is 333 g/mol. The Morgan fingerprint density at radius 2 is 2.08 bits per heavy atom. The molecule has 1 aliphatic heterocycles. The second kappa shape index (κ2) is 9.15. The summed E-state index contributed by atoms with van der Waals surface area (Å²) in [5.41, 5.74) is 1.21. The van der Waals surface area contributed by atoms with Gasteiger partial charge in [0, 0.05) is 44.8 Å². The van der Waals surface area contributed by atoms with Crippen LogP contribution in [0.3, 0.4) is 0 Å². The molecule has 0 aliphatic carbocycles. The Labute approximate surface area is 143 Å². The highest BCUT2D eigenvalue weighted by atomic mass is 16.5. The fourth-order valence-corrected chi connectivity index (χ4v) is 3.03. The average Bonchev–Trinajstić information content (AvgIpc) is 2.65. The Morgan fingerprint density at radius 3 is 2.79 bits per heavy atom. The summed E-state index contributed by atoms with van der Waals surface area (Å²) >= 11 is 0. The summed E-state index contributed by atoms with van der Waals surface area (Å²) in [5, 5.41) is 2.59. The number of rotatable bonds is 6. The van der Waals surface area contributed by atoms with Crippen LogP contribution in [0.1, 0.15) is 25.7 Å². The van der Waals surface area contributed by atoms with Gasteiger partial charge in [0.25, 0.3) is 0 Å². The Kier molecular flexibility index (Phi) is 6.90. The van der Waals surface area contributed by atoms with Gasteiger partial charge in [0.05, 0.1) is 7.11 Å². The molecule has 0 bridgehead atoms. The van der Waals surface area contributed by atoms with E-state index in [0.717, 1.165) is 25.9 Å². The highest BCUT2D eigenvalue weighted by molar-refractivity contribution is 5.76. The number of para-hydroxylation sites is 1. The van der Waals surface area contributed by atoms with Crippen LogP contribution in [0.5, 0.6) is 0 Å². The van der Waals surface area contributed by atoms with Crippen molar-refractivity contribution < 1.29 is 14.3 Å². The van der Waals surface area contributed by atoms with Crippen LogP contribution in [-0.2, 0) is 9.53 Å². The zero-order valence-electron chi connectivity index (χ0n) is 14.5. The summed E-state index contributed by atoms with van der Waals surface area (Å²) in [6, 6.07) is 10.6. The molecule has 1 saturated heterocycles. The highest BCUT2D eigenvalue weighted by Gasteiger charge is 2.25. The topological polar surface area (TPSA) is 61.9 Å². The van der Waals surface area contributed by atoms with Crippen LogP contribution in [0.2, 0.25) is 0 Å². The largest absolute Gasteiger partial charge is 0.453 e. The number of alkyl carbamates (subject to hydrolysis) is 1. The minimum absolute atomic E-state index is 0.126. The van der Waals surface area contributed by atoms with E-state index in [1.165, 1.54) is 12.8 Å². The number of amides is 2. The number of piperidine rings is 1. The van der Waals surface area contributed by atoms with Crippen molar-refractivity contribution in [3.05, 3.63) is 30.3 Å². The van der Waals surface area contributed by atoms with E-state index in [1.807, 2.05) is 30.1 Å². The van der Waals surface area contributed by atoms with Crippen LogP contribution in [-0.4, -0.2) is 56.7 Å². The fourth-order valence-electron chi connectivity index (χ4n) is 3.03. The summed E-state index contributed by atoms with van der Waals surface area (Å²) in [6.45, 7) is 2.35. The number of methoxy groups -OCH3 is 1. The van der Waals surface area contributed by atoms with Gasteiger partial charge in [-0.2, -0.15) is 0 Å². The molecule has 6 heteroatoms. The van der Waals surface area contributed by atoms with Crippen molar-refractivity contribution in [2.45, 2.75) is 31.7 Å². The smallest absolute Gasteiger partial charge is 0.406 e. The zero-order chi connectivity index (χ0) is 17.4. The van der Waals surface area contributed by atoms with Gasteiger partial charge in [-0.05, 0) is 31.4 Å². The molecule has 6 nitrogen and oxygen atoms in total. The summed E-state index contributed by atoms with van der Waals surface area (Å²) in [4.78, 5) is 27.5. The van der Waals surface area contributed by atoms with E-state index in [-0.39, 0.29) is 11.9 Å². The van der Waals surface area contributed by atoms with Crippen LogP contribution in [0.4, 0.5) is 10.5 Å². The molecule has 1 aromatic carbocycles. The third kappa shape index (κ3) is 5.15. The third-order valence-electron chi connectivity index (χ3n) is 4.48. The van der Waals surface area contributed by atoms with Gasteiger partial charge in [-0.1, -0.05) is 18.2 Å². The van der Waals surface area contributed by atoms with Crippen molar-refractivity contribution >= 4 is 17.7 Å². The first-order valence-corrected chi connectivity index (χ1v) is 8.49. The molecule has 1 aliphatic rings. The number of benzene rings is 1. The van der Waals surface area contributed by atoms with E-state index >= 15 is 0 Å². The molecule has 0 saturated carbocycles. The van der Waals surface area contributed by atoms with Crippen LogP contribution in [0.15, 0.2) is 30.3 Å². The molecule has 1 fully saturated rings. The molecule has 1 unspecified atom stereocenters. The van der Waals surface area contributed by atoms with Crippen LogP contribution in [0, 0.1) is 0 Å². The third-order valence-corrected chi connectivity index (χ3v) is 4.48. The van der Waals surface area contributed by atoms with Crippen molar-refractivity contribution in [2.75, 3.05) is 38.7 Å². The number of anilines is 1. The van der Waals surface area contributed by atoms with Crippen LogP contribution in [0.25, 0.3) is 0 Å². The minimum atomic E-state index is -0.457. The summed E-state index contributed by atoms with van der Waals surface area (Å²) < 4.78 is 4.50. The summed E-state index contributed by atoms with van der Waals surface area (Å²) in [5.74, 6) is 0.126. The van der Waals surface area contributed by atoms with Gasteiger partial charge in [-0.25, -0.2) is 4.79 Å². The molecular formula is C18H27N3O3. The van der Waals surface area contributed by atoms with E-state index in [0.29, 0.717) is 19.4 Å². The van der Waals surface area contributed by atoms with Gasteiger partial charge < -0.3 is 19.9 Å². The van der Waals surface area contributed by atoms with E-state index in [4.69, 9.17) is 0 Å². The quantitative estimate of drug-likeness (QED) is 0.811. The molecule has 0 aromatic heterocycles. The predicted molar refractivity (Wildman–Crippen MR) is 94.1 cm³/mol. The van der Waals surface area contributed by atoms with Crippen LogP contribution >= 0.6 is 0 Å². The lowest BCUT2D eigenvalue weighted by Crippen LogP contribution is -2.48. The van der Waals surface area contributed by atoms with Gasteiger partial charge in [0.15, 0.2) is 0 Å². The number of hydrogen-bond donors (Lipinski definition) is 1. The lowest BCUT2D eigenvalue weighted by Gasteiger charge is -2.39. The maximum Gasteiger partial charge on any atom is 0.406 e. The molecule has 1 atom stereocenters. The molecule has 1 aromatic rings. The Bertz CT molecular complexity index is 536. The maximum absolute atomic E-state index is 12.4. The van der Waals surface area contributed by atoms with Crippen molar-refractivity contribution in [2.24, 2.45) is 0 Å². The fraction of sp³-hybridized carbons (Fsp3) is 0.556. The summed E-state index contributed by atoms with van der Waals surface area (Å²) in [7, 11) is 3.21. The first-order chi connectivity index (χ1) is 11.6. The number of likely N-dealkylation sites (N-methyl/N-ethyl adjacent to an activating group) is 1. The SMILES string of the molecule is COC(=O)NCCCC(=O)N(C)C1CCCN(c2ccccc2)C1. The standard InChI is InChI=1S/C18H27N3O3/c1-20(17(22)11-6-12-19-18(23)24-2)16-10-7-13-21(14-16)15-8-4-3-5-9-15/h3-5,8-9,16H,6-7,10-14H2,1-2H3,(H,19,23). The first kappa shape index (κ1) is 18.1. The molecule has 2 rings (SSSR count). The average molecular weight is 333 g/mol. The first-order valence-electron chi connectivity index (χ1n) is 8.49. The second-order valence-corrected chi connectivity index (χ2v) is 6.10. The van der Waals surface area contributed by atoms with Gasteiger partial charge >= 0.3 is 6.09 Å². The van der Waals surface area contributed by atoms with Gasteiger partial charge in [-0.15, -0.1) is 0 Å². The van der Waals surface area contributed by atoms with Crippen molar-refractivity contribution in [1.29, 1.82) is 0 Å². The number of carbonyl (C=O) groups excluding carboxylic acids is 2. The van der Waals surface area contributed by atoms with Crippen molar-refractivity contribution in [3.8, 4) is 0 Å². The number of nitrogens with zero attached hydrogens (tertiary/aromatic N) is 2. The van der Waals surface area contributed by atoms with Gasteiger partial charge in [0.1, 0.15) is 0 Å². The Balaban J connectivity index is 1.79. The minimum Gasteiger partial charge on any atom is -0.453 e. The zero-order valence-corrected chi connectivity index (χ0v) is 14.5. The number of nitrogens with one attached hydrogen (secondary N) is 1. The molecular weight excluding hydrogens is 306 g/mol. The lowest BCUT2D eigenvalue weighted by molar-refractivity contribution is -0.132. The van der Waals surface area contributed by atoms with E-state index in [9.17, 15) is 9.59 Å². The molecule has 1 heterocycles. The van der Waals surface area contributed by atoms with Crippen molar-refractivity contribution in [3.63, 3.8) is 0 Å². The highest BCUT2D eigenvalue weighted by Crippen LogP contribution is 2.22. The second-order valence-electron chi connectivity index (χ2n) is 6.10. The molecule has 132 valence electrons.